The van der Waals surface area contributed by atoms with Crippen LogP contribution in [0.25, 0.3) is 10.8 Å². The van der Waals surface area contributed by atoms with Crippen molar-refractivity contribution >= 4 is 24.0 Å². The van der Waals surface area contributed by atoms with E-state index in [1.807, 2.05) is 6.07 Å². The van der Waals surface area contributed by atoms with E-state index in [0.717, 1.165) is 5.75 Å². The Hall–Kier alpha value is -1.28. The second-order valence-corrected chi connectivity index (χ2v) is 10.3. The summed E-state index contributed by atoms with van der Waals surface area (Å²) in [6.07, 6.45) is 0. The van der Waals surface area contributed by atoms with Gasteiger partial charge in [0.15, 0.2) is 0 Å². The largest absolute Gasteiger partial charge is 0.497 e. The lowest BCUT2D eigenvalue weighted by atomic mass is 10.1. The fraction of sp³-hybridized carbons (Fsp3) is 0.286. The van der Waals surface area contributed by atoms with Gasteiger partial charge in [0.05, 0.1) is 15.2 Å². The van der Waals surface area contributed by atoms with Crippen molar-refractivity contribution in [2.75, 3.05) is 7.11 Å². The molecule has 2 aromatic rings. The van der Waals surface area contributed by atoms with Gasteiger partial charge in [-0.1, -0.05) is 49.1 Å². The highest BCUT2D eigenvalue weighted by Crippen LogP contribution is 2.20. The maximum Gasteiger partial charge on any atom is 0.119 e. The smallest absolute Gasteiger partial charge is 0.119 e. The third kappa shape index (κ3) is 2.12. The molecule has 0 aromatic heterocycles. The minimum Gasteiger partial charge on any atom is -0.497 e. The number of hydrogen-bond acceptors (Lipinski definition) is 1. The number of fused-ring (bicyclic) bond motifs is 1. The lowest BCUT2D eigenvalue weighted by Crippen LogP contribution is -2.37. The first-order chi connectivity index (χ1) is 7.50. The SMILES string of the molecule is COc1ccc2cc([Si](C)(C)C)ccc2c1. The first kappa shape index (κ1) is 11.2. The Morgan fingerprint density at radius 1 is 0.875 bits per heavy atom. The Morgan fingerprint density at radius 3 is 2.12 bits per heavy atom. The van der Waals surface area contributed by atoms with Gasteiger partial charge in [-0.15, -0.1) is 0 Å². The van der Waals surface area contributed by atoms with Crippen LogP contribution in [0.4, 0.5) is 0 Å². The zero-order valence-corrected chi connectivity index (χ0v) is 11.4. The lowest BCUT2D eigenvalue weighted by molar-refractivity contribution is 0.415. The summed E-state index contributed by atoms with van der Waals surface area (Å²) in [5, 5.41) is 4.06. The quantitative estimate of drug-likeness (QED) is 0.719. The zero-order valence-electron chi connectivity index (χ0n) is 10.4. The summed E-state index contributed by atoms with van der Waals surface area (Å²) >= 11 is 0. The Morgan fingerprint density at radius 2 is 1.50 bits per heavy atom. The average molecular weight is 230 g/mol. The summed E-state index contributed by atoms with van der Waals surface area (Å²) < 4.78 is 5.23. The van der Waals surface area contributed by atoms with Crippen molar-refractivity contribution in [2.45, 2.75) is 19.6 Å². The molecule has 0 fully saturated rings. The van der Waals surface area contributed by atoms with Gasteiger partial charge in [0.1, 0.15) is 5.75 Å². The summed E-state index contributed by atoms with van der Waals surface area (Å²) in [5.41, 5.74) is 0. The fourth-order valence-electron chi connectivity index (χ4n) is 1.82. The number of hydrogen-bond donors (Lipinski definition) is 0. The highest BCUT2D eigenvalue weighted by Gasteiger charge is 2.16. The van der Waals surface area contributed by atoms with Crippen LogP contribution in [-0.2, 0) is 0 Å². The molecule has 0 N–H and O–H groups in total. The van der Waals surface area contributed by atoms with E-state index in [2.05, 4.69) is 50.0 Å². The molecule has 84 valence electrons. The minimum atomic E-state index is -1.20. The van der Waals surface area contributed by atoms with E-state index in [1.54, 1.807) is 7.11 Å². The van der Waals surface area contributed by atoms with Crippen LogP contribution in [0.1, 0.15) is 0 Å². The zero-order chi connectivity index (χ0) is 11.8. The average Bonchev–Trinajstić information content (AvgIpc) is 2.26. The molecule has 2 aromatic carbocycles. The predicted octanol–water partition coefficient (Wildman–Crippen LogP) is 3.39. The molecule has 0 amide bonds. The van der Waals surface area contributed by atoms with Crippen LogP contribution in [0, 0.1) is 0 Å². The van der Waals surface area contributed by atoms with E-state index < -0.39 is 8.07 Å². The third-order valence-electron chi connectivity index (χ3n) is 2.91. The van der Waals surface area contributed by atoms with Crippen LogP contribution in [0.5, 0.6) is 5.75 Å². The topological polar surface area (TPSA) is 9.23 Å². The molecule has 0 unspecified atom stereocenters. The summed E-state index contributed by atoms with van der Waals surface area (Å²) in [4.78, 5) is 0. The lowest BCUT2D eigenvalue weighted by Gasteiger charge is -2.17. The van der Waals surface area contributed by atoms with E-state index in [4.69, 9.17) is 4.74 Å². The number of ether oxygens (including phenoxy) is 1. The summed E-state index contributed by atoms with van der Waals surface area (Å²) in [6.45, 7) is 7.12. The van der Waals surface area contributed by atoms with Gasteiger partial charge < -0.3 is 4.74 Å². The van der Waals surface area contributed by atoms with Crippen LogP contribution in [-0.4, -0.2) is 15.2 Å². The Kier molecular flexibility index (Phi) is 2.76. The van der Waals surface area contributed by atoms with Gasteiger partial charge in [-0.3, -0.25) is 0 Å². The van der Waals surface area contributed by atoms with Crippen LogP contribution in [0.3, 0.4) is 0 Å². The van der Waals surface area contributed by atoms with Crippen molar-refractivity contribution in [3.05, 3.63) is 36.4 Å². The second kappa shape index (κ2) is 3.94. The summed E-state index contributed by atoms with van der Waals surface area (Å²) in [5.74, 6) is 0.924. The van der Waals surface area contributed by atoms with Crippen LogP contribution < -0.4 is 9.92 Å². The molecule has 0 radical (unpaired) electrons. The maximum absolute atomic E-state index is 5.23. The number of rotatable bonds is 2. The molecule has 0 atom stereocenters. The second-order valence-electron chi connectivity index (χ2n) is 5.18. The van der Waals surface area contributed by atoms with E-state index in [-0.39, 0.29) is 0 Å². The van der Waals surface area contributed by atoms with Crippen molar-refractivity contribution in [1.82, 2.24) is 0 Å². The first-order valence-corrected chi connectivity index (χ1v) is 9.09. The van der Waals surface area contributed by atoms with Crippen molar-refractivity contribution in [2.24, 2.45) is 0 Å². The van der Waals surface area contributed by atoms with Gasteiger partial charge in [-0.05, 0) is 22.9 Å². The first-order valence-electron chi connectivity index (χ1n) is 5.59. The van der Waals surface area contributed by atoms with Gasteiger partial charge in [0, 0.05) is 0 Å². The minimum absolute atomic E-state index is 0.924. The van der Waals surface area contributed by atoms with Crippen molar-refractivity contribution < 1.29 is 4.74 Å². The normalized spacial score (nSPS) is 11.8. The van der Waals surface area contributed by atoms with E-state index in [0.29, 0.717) is 0 Å². The molecule has 0 aliphatic carbocycles. The van der Waals surface area contributed by atoms with Crippen molar-refractivity contribution in [3.63, 3.8) is 0 Å². The molecule has 0 heterocycles. The van der Waals surface area contributed by atoms with Gasteiger partial charge in [0.2, 0.25) is 0 Å². The molecule has 0 saturated heterocycles. The molecular weight excluding hydrogens is 212 g/mol. The molecule has 0 spiro atoms. The van der Waals surface area contributed by atoms with Crippen molar-refractivity contribution in [1.29, 1.82) is 0 Å². The molecular formula is C14H18OSi. The van der Waals surface area contributed by atoms with Crippen LogP contribution >= 0.6 is 0 Å². The van der Waals surface area contributed by atoms with E-state index in [1.165, 1.54) is 16.0 Å². The highest BCUT2D eigenvalue weighted by molar-refractivity contribution is 6.88. The molecule has 0 bridgehead atoms. The number of benzene rings is 2. The fourth-order valence-corrected chi connectivity index (χ4v) is 2.99. The Labute approximate surface area is 98.1 Å². The summed E-state index contributed by atoms with van der Waals surface area (Å²) in [6, 6.07) is 13.0. The Balaban J connectivity index is 2.56. The van der Waals surface area contributed by atoms with Gasteiger partial charge in [0.25, 0.3) is 0 Å². The maximum atomic E-state index is 5.23. The highest BCUT2D eigenvalue weighted by atomic mass is 28.3. The molecule has 2 rings (SSSR count). The molecule has 2 heteroatoms. The Bertz CT molecular complexity index is 512. The third-order valence-corrected chi connectivity index (χ3v) is 4.96. The standard InChI is InChI=1S/C14H18OSi/c1-15-13-7-5-12-10-14(16(2,3)4)8-6-11(12)9-13/h5-10H,1-4H3. The van der Waals surface area contributed by atoms with Gasteiger partial charge in [-0.2, -0.15) is 0 Å². The van der Waals surface area contributed by atoms with Crippen LogP contribution in [0.15, 0.2) is 36.4 Å². The molecule has 0 aliphatic rings. The van der Waals surface area contributed by atoms with Gasteiger partial charge in [-0.25, -0.2) is 0 Å². The van der Waals surface area contributed by atoms with Gasteiger partial charge >= 0.3 is 0 Å². The van der Waals surface area contributed by atoms with Crippen LogP contribution in [0.2, 0.25) is 19.6 Å². The van der Waals surface area contributed by atoms with Crippen molar-refractivity contribution in [3.8, 4) is 5.75 Å². The molecule has 0 saturated carbocycles. The summed E-state index contributed by atoms with van der Waals surface area (Å²) in [7, 11) is 0.502. The van der Waals surface area contributed by atoms with E-state index >= 15 is 0 Å². The predicted molar refractivity (Wildman–Crippen MR) is 73.5 cm³/mol. The number of methoxy groups -OCH3 is 1. The van der Waals surface area contributed by atoms with E-state index in [9.17, 15) is 0 Å². The molecule has 1 nitrogen and oxygen atoms in total. The molecule has 0 aliphatic heterocycles. The monoisotopic (exact) mass is 230 g/mol. The molecule has 16 heavy (non-hydrogen) atoms.